The topological polar surface area (TPSA) is 54.4 Å². The second-order valence-electron chi connectivity index (χ2n) is 12.2. The maximum Gasteiger partial charge on any atom is 0.294 e. The van der Waals surface area contributed by atoms with E-state index in [1.165, 1.54) is 134 Å². The van der Waals surface area contributed by atoms with Crippen LogP contribution in [0, 0.1) is 0 Å². The average molecular weight is 573 g/mol. The third-order valence-corrected chi connectivity index (χ3v) is 9.42. The van der Waals surface area contributed by atoms with Gasteiger partial charge in [0.2, 0.25) is 0 Å². The van der Waals surface area contributed by atoms with Crippen LogP contribution in [0.3, 0.4) is 0 Å². The number of unbranched alkanes of at least 4 members (excludes halogenated alkanes) is 20. The molecule has 0 aliphatic heterocycles. The first-order valence-corrected chi connectivity index (χ1v) is 18.4. The van der Waals surface area contributed by atoms with Gasteiger partial charge >= 0.3 is 0 Å². The summed E-state index contributed by atoms with van der Waals surface area (Å²) in [5.74, 6) is 0. The lowest BCUT2D eigenvalue weighted by molar-refractivity contribution is 0.481. The summed E-state index contributed by atoms with van der Waals surface area (Å²) in [6, 6.07) is 10.1. The summed E-state index contributed by atoms with van der Waals surface area (Å²) in [6.45, 7) is 4.53. The molecule has 1 N–H and O–H groups in total. The van der Waals surface area contributed by atoms with Crippen LogP contribution in [0.5, 0.6) is 0 Å². The highest BCUT2D eigenvalue weighted by atomic mass is 32.2. The summed E-state index contributed by atoms with van der Waals surface area (Å²) < 4.78 is 34.4. The molecular formula is C36H60O3S. The van der Waals surface area contributed by atoms with Crippen molar-refractivity contribution in [1.82, 2.24) is 0 Å². The monoisotopic (exact) mass is 572 g/mol. The molecule has 0 radical (unpaired) electrons. The minimum absolute atomic E-state index is 0.0962. The molecule has 228 valence electrons. The summed E-state index contributed by atoms with van der Waals surface area (Å²) >= 11 is 0. The van der Waals surface area contributed by atoms with E-state index in [-0.39, 0.29) is 4.90 Å². The van der Waals surface area contributed by atoms with Gasteiger partial charge in [-0.05, 0) is 59.7 Å². The Morgan fingerprint density at radius 3 is 1.38 bits per heavy atom. The van der Waals surface area contributed by atoms with Gasteiger partial charge in [-0.25, -0.2) is 0 Å². The van der Waals surface area contributed by atoms with Crippen LogP contribution in [0.4, 0.5) is 0 Å². The first-order chi connectivity index (χ1) is 19.5. The van der Waals surface area contributed by atoms with Gasteiger partial charge in [0.15, 0.2) is 0 Å². The number of hydrogen-bond donors (Lipinski definition) is 1. The van der Waals surface area contributed by atoms with Crippen LogP contribution in [0.2, 0.25) is 0 Å². The van der Waals surface area contributed by atoms with Crippen molar-refractivity contribution in [3.63, 3.8) is 0 Å². The van der Waals surface area contributed by atoms with E-state index in [4.69, 9.17) is 0 Å². The molecule has 2 aromatic rings. The van der Waals surface area contributed by atoms with Crippen molar-refractivity contribution >= 4 is 20.9 Å². The standard InChI is InChI=1S/C36H60O3S/c1-3-5-7-9-11-13-15-17-19-21-23-25-32-27-28-33-30-34(36(40(37,38)39)31-35(33)29-32)26-24-22-20-18-16-14-12-10-8-6-4-2/h27-31H,3-26H2,1-2H3,(H,37,38,39). The lowest BCUT2D eigenvalue weighted by Crippen LogP contribution is -2.04. The Bertz CT molecular complexity index is 1030. The Labute approximate surface area is 247 Å². The maximum absolute atomic E-state index is 12.2. The van der Waals surface area contributed by atoms with Crippen molar-refractivity contribution in [2.75, 3.05) is 0 Å². The number of aryl methyl sites for hydroxylation is 2. The van der Waals surface area contributed by atoms with E-state index in [1.54, 1.807) is 6.07 Å². The second-order valence-corrected chi connectivity index (χ2v) is 13.6. The molecule has 0 amide bonds. The zero-order valence-corrected chi connectivity index (χ0v) is 26.8. The van der Waals surface area contributed by atoms with Crippen LogP contribution in [0.1, 0.15) is 166 Å². The van der Waals surface area contributed by atoms with Crippen LogP contribution in [0.25, 0.3) is 10.8 Å². The van der Waals surface area contributed by atoms with E-state index < -0.39 is 10.1 Å². The average Bonchev–Trinajstić information content (AvgIpc) is 2.93. The Hall–Kier alpha value is -1.39. The molecule has 0 spiro atoms. The predicted octanol–water partition coefficient (Wildman–Crippen LogP) is 11.8. The van der Waals surface area contributed by atoms with Gasteiger partial charge in [-0.1, -0.05) is 160 Å². The van der Waals surface area contributed by atoms with Crippen molar-refractivity contribution in [3.8, 4) is 0 Å². The van der Waals surface area contributed by atoms with Crippen LogP contribution in [0.15, 0.2) is 35.2 Å². The van der Waals surface area contributed by atoms with E-state index in [0.29, 0.717) is 6.42 Å². The van der Waals surface area contributed by atoms with Crippen LogP contribution >= 0.6 is 0 Å². The molecule has 40 heavy (non-hydrogen) atoms. The van der Waals surface area contributed by atoms with Crippen molar-refractivity contribution in [3.05, 3.63) is 41.5 Å². The minimum atomic E-state index is -4.24. The normalized spacial score (nSPS) is 12.0. The molecule has 0 aromatic heterocycles. The van der Waals surface area contributed by atoms with E-state index >= 15 is 0 Å². The molecule has 0 saturated carbocycles. The molecule has 0 heterocycles. The Balaban J connectivity index is 1.74. The van der Waals surface area contributed by atoms with Crippen molar-refractivity contribution in [2.45, 2.75) is 173 Å². The molecule has 3 nitrogen and oxygen atoms in total. The minimum Gasteiger partial charge on any atom is -0.282 e. The highest BCUT2D eigenvalue weighted by Crippen LogP contribution is 2.27. The summed E-state index contributed by atoms with van der Waals surface area (Å²) in [4.78, 5) is 0.0962. The molecule has 0 atom stereocenters. The molecule has 2 rings (SSSR count). The summed E-state index contributed by atoms with van der Waals surface area (Å²) in [7, 11) is -4.24. The van der Waals surface area contributed by atoms with Crippen molar-refractivity contribution in [1.29, 1.82) is 0 Å². The first kappa shape index (κ1) is 34.8. The van der Waals surface area contributed by atoms with Gasteiger partial charge in [0.25, 0.3) is 10.1 Å². The molecular weight excluding hydrogens is 512 g/mol. The van der Waals surface area contributed by atoms with E-state index in [1.807, 2.05) is 6.07 Å². The number of hydrogen-bond acceptors (Lipinski definition) is 2. The molecule has 0 bridgehead atoms. The van der Waals surface area contributed by atoms with Gasteiger partial charge < -0.3 is 0 Å². The van der Waals surface area contributed by atoms with Crippen LogP contribution in [-0.2, 0) is 23.0 Å². The van der Waals surface area contributed by atoms with E-state index in [9.17, 15) is 13.0 Å². The molecule has 0 unspecified atom stereocenters. The first-order valence-electron chi connectivity index (χ1n) is 17.0. The zero-order valence-electron chi connectivity index (χ0n) is 26.0. The number of benzene rings is 2. The van der Waals surface area contributed by atoms with Crippen molar-refractivity contribution in [2.24, 2.45) is 0 Å². The lowest BCUT2D eigenvalue weighted by atomic mass is 9.98. The molecule has 2 aromatic carbocycles. The fourth-order valence-electron chi connectivity index (χ4n) is 5.94. The van der Waals surface area contributed by atoms with Crippen molar-refractivity contribution < 1.29 is 13.0 Å². The van der Waals surface area contributed by atoms with E-state index in [2.05, 4.69) is 32.0 Å². The highest BCUT2D eigenvalue weighted by molar-refractivity contribution is 7.85. The van der Waals surface area contributed by atoms with Gasteiger partial charge in [-0.15, -0.1) is 0 Å². The summed E-state index contributed by atoms with van der Waals surface area (Å²) in [5, 5.41) is 1.98. The third kappa shape index (κ3) is 15.0. The van der Waals surface area contributed by atoms with Gasteiger partial charge in [-0.3, -0.25) is 4.55 Å². The smallest absolute Gasteiger partial charge is 0.282 e. The largest absolute Gasteiger partial charge is 0.294 e. The zero-order chi connectivity index (χ0) is 28.9. The SMILES string of the molecule is CCCCCCCCCCCCCc1ccc2cc(CCCCCCCCCCCCC)c(S(=O)(=O)O)cc2c1. The molecule has 0 aliphatic rings. The number of fused-ring (bicyclic) bond motifs is 1. The predicted molar refractivity (Wildman–Crippen MR) is 174 cm³/mol. The summed E-state index contributed by atoms with van der Waals surface area (Å²) in [5.41, 5.74) is 2.01. The van der Waals surface area contributed by atoms with E-state index in [0.717, 1.165) is 35.6 Å². The molecule has 0 aliphatic carbocycles. The van der Waals surface area contributed by atoms with Crippen LogP contribution in [-0.4, -0.2) is 13.0 Å². The van der Waals surface area contributed by atoms with Gasteiger partial charge in [-0.2, -0.15) is 8.42 Å². The third-order valence-electron chi connectivity index (χ3n) is 8.48. The fourth-order valence-corrected chi connectivity index (χ4v) is 6.71. The number of rotatable bonds is 25. The fraction of sp³-hybridized carbons (Fsp3) is 0.722. The Kier molecular flexibility index (Phi) is 18.6. The summed E-state index contributed by atoms with van der Waals surface area (Å²) in [6.07, 6.45) is 30.4. The maximum atomic E-state index is 12.2. The highest BCUT2D eigenvalue weighted by Gasteiger charge is 2.16. The van der Waals surface area contributed by atoms with Crippen LogP contribution < -0.4 is 0 Å². The van der Waals surface area contributed by atoms with Gasteiger partial charge in [0.05, 0.1) is 4.90 Å². The van der Waals surface area contributed by atoms with Gasteiger partial charge in [0, 0.05) is 0 Å². The molecule has 4 heteroatoms. The Morgan fingerprint density at radius 2 is 0.925 bits per heavy atom. The molecule has 0 saturated heterocycles. The molecule has 0 fully saturated rings. The van der Waals surface area contributed by atoms with Gasteiger partial charge in [0.1, 0.15) is 0 Å². The Morgan fingerprint density at radius 1 is 0.500 bits per heavy atom. The second kappa shape index (κ2) is 21.3. The lowest BCUT2D eigenvalue weighted by Gasteiger charge is -2.11. The quantitative estimate of drug-likeness (QED) is 0.0950.